The van der Waals surface area contributed by atoms with Gasteiger partial charge in [-0.25, -0.2) is 4.98 Å². The average Bonchev–Trinajstić information content (AvgIpc) is 3.40. The monoisotopic (exact) mass is 400 g/mol. The Balaban J connectivity index is 1.53. The van der Waals surface area contributed by atoms with E-state index in [-0.39, 0.29) is 11.9 Å². The van der Waals surface area contributed by atoms with Crippen molar-refractivity contribution in [3.63, 3.8) is 0 Å². The molecule has 0 bridgehead atoms. The van der Waals surface area contributed by atoms with Gasteiger partial charge in [-0.3, -0.25) is 10.1 Å². The van der Waals surface area contributed by atoms with Gasteiger partial charge in [0.15, 0.2) is 0 Å². The van der Waals surface area contributed by atoms with Gasteiger partial charge in [-0.15, -0.1) is 5.10 Å². The summed E-state index contributed by atoms with van der Waals surface area (Å²) in [5.41, 5.74) is -0.251. The number of nitrogens with zero attached hydrogens (tertiary/aromatic N) is 3. The van der Waals surface area contributed by atoms with E-state index in [4.69, 9.17) is 8.83 Å². The molecule has 1 amide bonds. The van der Waals surface area contributed by atoms with Gasteiger partial charge in [0, 0.05) is 11.1 Å². The van der Waals surface area contributed by atoms with E-state index in [9.17, 15) is 18.0 Å². The molecule has 29 heavy (non-hydrogen) atoms. The van der Waals surface area contributed by atoms with Gasteiger partial charge in [0.1, 0.15) is 17.1 Å². The maximum absolute atomic E-state index is 12.7. The number of carbonyl (C=O) groups is 1. The first-order valence-corrected chi connectivity index (χ1v) is 8.23. The highest BCUT2D eigenvalue weighted by Gasteiger charge is 2.33. The Labute approximate surface area is 161 Å². The van der Waals surface area contributed by atoms with Crippen LogP contribution in [0.4, 0.5) is 19.2 Å². The first-order valence-electron chi connectivity index (χ1n) is 8.23. The summed E-state index contributed by atoms with van der Waals surface area (Å²) in [6.45, 7) is 0. The van der Waals surface area contributed by atoms with E-state index in [1.807, 2.05) is 6.07 Å². The van der Waals surface area contributed by atoms with Crippen LogP contribution >= 0.6 is 0 Å². The summed E-state index contributed by atoms with van der Waals surface area (Å²) in [5.74, 6) is -0.142. The molecule has 0 saturated heterocycles. The van der Waals surface area contributed by atoms with E-state index in [2.05, 4.69) is 20.5 Å². The van der Waals surface area contributed by atoms with E-state index >= 15 is 0 Å². The van der Waals surface area contributed by atoms with E-state index in [1.165, 1.54) is 0 Å². The normalized spacial score (nSPS) is 11.4. The molecule has 1 N–H and O–H groups in total. The van der Waals surface area contributed by atoms with Gasteiger partial charge in [-0.05, 0) is 36.4 Å². The number of aromatic nitrogens is 3. The number of carbonyl (C=O) groups excluding carboxylic acids is 1. The third-order valence-corrected chi connectivity index (χ3v) is 3.83. The molecule has 0 aliphatic carbocycles. The Bertz CT molecular complexity index is 1150. The highest BCUT2D eigenvalue weighted by Crippen LogP contribution is 2.28. The molecule has 4 aromatic rings. The van der Waals surface area contributed by atoms with Crippen molar-refractivity contribution in [2.24, 2.45) is 0 Å². The molecule has 1 aromatic carbocycles. The maximum Gasteiger partial charge on any atom is 0.433 e. The van der Waals surface area contributed by atoms with Crippen LogP contribution in [0, 0.1) is 0 Å². The van der Waals surface area contributed by atoms with Crippen molar-refractivity contribution in [3.8, 4) is 22.8 Å². The third kappa shape index (κ3) is 4.00. The molecule has 7 nitrogen and oxygen atoms in total. The van der Waals surface area contributed by atoms with Gasteiger partial charge < -0.3 is 8.83 Å². The molecule has 4 rings (SSSR count). The minimum absolute atomic E-state index is 0.116. The van der Waals surface area contributed by atoms with Crippen LogP contribution in [0.15, 0.2) is 69.7 Å². The number of furan rings is 1. The van der Waals surface area contributed by atoms with Crippen molar-refractivity contribution in [3.05, 3.63) is 72.2 Å². The standard InChI is InChI=1S/C19H11F3N4O3/c20-19(21,22)15-8-2-6-13(23-15)16(27)24-18-26-25-17(29-18)12-5-1-4-11(10-12)14-7-3-9-28-14/h1-10H,(H,24,26,27). The lowest BCUT2D eigenvalue weighted by molar-refractivity contribution is -0.141. The number of hydrogen-bond donors (Lipinski definition) is 1. The van der Waals surface area contributed by atoms with Crippen molar-refractivity contribution in [2.45, 2.75) is 6.18 Å². The summed E-state index contributed by atoms with van der Waals surface area (Å²) < 4.78 is 49.0. The van der Waals surface area contributed by atoms with E-state index < -0.39 is 23.5 Å². The molecule has 3 heterocycles. The molecule has 0 radical (unpaired) electrons. The number of amides is 1. The van der Waals surface area contributed by atoms with Crippen LogP contribution in [0.25, 0.3) is 22.8 Å². The zero-order valence-electron chi connectivity index (χ0n) is 14.5. The van der Waals surface area contributed by atoms with Crippen LogP contribution in [0.5, 0.6) is 0 Å². The molecular weight excluding hydrogens is 389 g/mol. The molecule has 0 aliphatic rings. The van der Waals surface area contributed by atoms with E-state index in [0.717, 1.165) is 23.8 Å². The third-order valence-electron chi connectivity index (χ3n) is 3.83. The SMILES string of the molecule is O=C(Nc1nnc(-c2cccc(-c3ccco3)c2)o1)c1cccc(C(F)(F)F)n1. The Morgan fingerprint density at radius 1 is 0.966 bits per heavy atom. The number of hydrogen-bond acceptors (Lipinski definition) is 6. The Hall–Kier alpha value is -3.95. The summed E-state index contributed by atoms with van der Waals surface area (Å²) in [6.07, 6.45) is -3.11. The highest BCUT2D eigenvalue weighted by atomic mass is 19.4. The molecule has 0 atom stereocenters. The number of anilines is 1. The van der Waals surface area contributed by atoms with Crippen LogP contribution in [-0.4, -0.2) is 21.1 Å². The second-order valence-electron chi connectivity index (χ2n) is 5.83. The van der Waals surface area contributed by atoms with Gasteiger partial charge in [-0.1, -0.05) is 23.3 Å². The van der Waals surface area contributed by atoms with Crippen molar-refractivity contribution >= 4 is 11.9 Å². The summed E-state index contributed by atoms with van der Waals surface area (Å²) in [7, 11) is 0. The van der Waals surface area contributed by atoms with Crippen molar-refractivity contribution in [2.75, 3.05) is 5.32 Å². The molecule has 0 spiro atoms. The van der Waals surface area contributed by atoms with Gasteiger partial charge in [0.05, 0.1) is 6.26 Å². The topological polar surface area (TPSA) is 94.1 Å². The lowest BCUT2D eigenvalue weighted by Crippen LogP contribution is -2.17. The molecule has 0 saturated carbocycles. The van der Waals surface area contributed by atoms with Gasteiger partial charge >= 0.3 is 12.2 Å². The van der Waals surface area contributed by atoms with E-state index in [0.29, 0.717) is 11.3 Å². The first kappa shape index (κ1) is 18.4. The number of pyridine rings is 1. The van der Waals surface area contributed by atoms with Crippen LogP contribution in [0.3, 0.4) is 0 Å². The number of benzene rings is 1. The minimum Gasteiger partial charge on any atom is -0.464 e. The Morgan fingerprint density at radius 3 is 2.52 bits per heavy atom. The second kappa shape index (κ2) is 7.23. The fraction of sp³-hybridized carbons (Fsp3) is 0.0526. The summed E-state index contributed by atoms with van der Waals surface area (Å²) in [4.78, 5) is 15.5. The molecule has 146 valence electrons. The predicted octanol–water partition coefficient (Wildman–Crippen LogP) is 4.66. The number of nitrogens with one attached hydrogen (secondary N) is 1. The van der Waals surface area contributed by atoms with Crippen LogP contribution in [-0.2, 0) is 6.18 Å². The average molecular weight is 400 g/mol. The number of halogens is 3. The summed E-state index contributed by atoms with van der Waals surface area (Å²) in [6, 6.07) is 13.4. The summed E-state index contributed by atoms with van der Waals surface area (Å²) in [5, 5.41) is 9.79. The predicted molar refractivity (Wildman–Crippen MR) is 94.6 cm³/mol. The lowest BCUT2D eigenvalue weighted by Gasteiger charge is -2.06. The quantitative estimate of drug-likeness (QED) is 0.535. The second-order valence-corrected chi connectivity index (χ2v) is 5.83. The van der Waals surface area contributed by atoms with Crippen LogP contribution in [0.1, 0.15) is 16.2 Å². The maximum atomic E-state index is 12.7. The Kier molecular flexibility index (Phi) is 4.59. The summed E-state index contributed by atoms with van der Waals surface area (Å²) >= 11 is 0. The molecule has 0 aliphatic heterocycles. The zero-order valence-corrected chi connectivity index (χ0v) is 14.5. The zero-order chi connectivity index (χ0) is 20.4. The fourth-order valence-corrected chi connectivity index (χ4v) is 2.52. The van der Waals surface area contributed by atoms with Gasteiger partial charge in [0.25, 0.3) is 5.91 Å². The largest absolute Gasteiger partial charge is 0.464 e. The van der Waals surface area contributed by atoms with Crippen molar-refractivity contribution in [1.82, 2.24) is 15.2 Å². The molecule has 10 heteroatoms. The lowest BCUT2D eigenvalue weighted by atomic mass is 10.1. The Morgan fingerprint density at radius 2 is 1.76 bits per heavy atom. The van der Waals surface area contributed by atoms with Crippen molar-refractivity contribution < 1.29 is 26.8 Å². The number of alkyl halides is 3. The molecule has 0 unspecified atom stereocenters. The van der Waals surface area contributed by atoms with Gasteiger partial charge in [0.2, 0.25) is 5.89 Å². The highest BCUT2D eigenvalue weighted by molar-refractivity contribution is 6.01. The molecular formula is C19H11F3N4O3. The van der Waals surface area contributed by atoms with Crippen molar-refractivity contribution in [1.29, 1.82) is 0 Å². The minimum atomic E-state index is -4.66. The van der Waals surface area contributed by atoms with Crippen LogP contribution < -0.4 is 5.32 Å². The fourth-order valence-electron chi connectivity index (χ4n) is 2.52. The van der Waals surface area contributed by atoms with E-state index in [1.54, 1.807) is 36.6 Å². The van der Waals surface area contributed by atoms with Gasteiger partial charge in [-0.2, -0.15) is 13.2 Å². The smallest absolute Gasteiger partial charge is 0.433 e. The van der Waals surface area contributed by atoms with Crippen LogP contribution in [0.2, 0.25) is 0 Å². The first-order chi connectivity index (χ1) is 13.9. The molecule has 3 aromatic heterocycles. The number of rotatable bonds is 4. The molecule has 0 fully saturated rings.